The Balaban J connectivity index is 2.36. The highest BCUT2D eigenvalue weighted by atomic mass is 14.4. The first-order valence-electron chi connectivity index (χ1n) is 5.40. The maximum absolute atomic E-state index is 7.78. The predicted octanol–water partition coefficient (Wildman–Crippen LogP) is 3.50. The van der Waals surface area contributed by atoms with E-state index in [2.05, 4.69) is 48.5 Å². The Morgan fingerprint density at radius 2 is 1.38 bits per heavy atom. The third-order valence-corrected chi connectivity index (χ3v) is 3.38. The maximum atomic E-state index is 7.78. The molecule has 0 aromatic heterocycles. The summed E-state index contributed by atoms with van der Waals surface area (Å²) >= 11 is 0. The van der Waals surface area contributed by atoms with E-state index in [9.17, 15) is 0 Å². The lowest BCUT2D eigenvalue weighted by Crippen LogP contribution is -1.76. The monoisotopic (exact) mass is 203 g/mol. The third kappa shape index (κ3) is 0.836. The van der Waals surface area contributed by atoms with Crippen LogP contribution in [0, 0.1) is 5.41 Å². The normalized spacial score (nSPS) is 12.0. The average Bonchev–Trinajstić information content (AvgIpc) is 3.01. The Kier molecular flexibility index (Phi) is 1.26. The van der Waals surface area contributed by atoms with Crippen LogP contribution in [-0.4, -0.2) is 0 Å². The molecule has 0 radical (unpaired) electrons. The summed E-state index contributed by atoms with van der Waals surface area (Å²) in [5.41, 5.74) is 0. The number of hydrogen-bond acceptors (Lipinski definition) is 1. The van der Waals surface area contributed by atoms with Gasteiger partial charge in [-0.2, -0.15) is 0 Å². The van der Waals surface area contributed by atoms with E-state index < -0.39 is 0 Å². The lowest BCUT2D eigenvalue weighted by atomic mass is 10.0. The summed E-state index contributed by atoms with van der Waals surface area (Å²) in [5, 5.41) is 15.8. The SMILES string of the molecule is N=c1c2ccc3c4ccccc4ccc3c12. The molecule has 1 nitrogen and oxygen atoms in total. The molecule has 0 unspecified atom stereocenters. The zero-order valence-corrected chi connectivity index (χ0v) is 8.62. The topological polar surface area (TPSA) is 23.9 Å². The van der Waals surface area contributed by atoms with Crippen molar-refractivity contribution in [3.63, 3.8) is 0 Å². The van der Waals surface area contributed by atoms with Gasteiger partial charge in [-0.25, -0.2) is 0 Å². The summed E-state index contributed by atoms with van der Waals surface area (Å²) in [4.78, 5) is 0. The lowest BCUT2D eigenvalue weighted by Gasteiger charge is -2.01. The second-order valence-corrected chi connectivity index (χ2v) is 4.24. The van der Waals surface area contributed by atoms with Crippen molar-refractivity contribution in [1.82, 2.24) is 0 Å². The first-order chi connectivity index (χ1) is 7.86. The molecule has 4 rings (SSSR count). The van der Waals surface area contributed by atoms with Crippen LogP contribution >= 0.6 is 0 Å². The van der Waals surface area contributed by atoms with E-state index in [4.69, 9.17) is 5.41 Å². The predicted molar refractivity (Wildman–Crippen MR) is 67.2 cm³/mol. The molecule has 0 bridgehead atoms. The van der Waals surface area contributed by atoms with Crippen LogP contribution in [0.5, 0.6) is 0 Å². The molecule has 16 heavy (non-hydrogen) atoms. The Morgan fingerprint density at radius 1 is 0.625 bits per heavy atom. The molecule has 0 aliphatic carbocycles. The summed E-state index contributed by atoms with van der Waals surface area (Å²) in [6.45, 7) is 0. The van der Waals surface area contributed by atoms with Crippen LogP contribution in [0.2, 0.25) is 0 Å². The van der Waals surface area contributed by atoms with Gasteiger partial charge in [-0.15, -0.1) is 0 Å². The Labute approximate surface area is 92.1 Å². The van der Waals surface area contributed by atoms with Crippen LogP contribution in [0.15, 0.2) is 48.5 Å². The molecule has 0 heterocycles. The molecule has 0 saturated heterocycles. The fourth-order valence-electron chi connectivity index (χ4n) is 2.51. The first-order valence-corrected chi connectivity index (χ1v) is 5.40. The molecule has 0 atom stereocenters. The number of fused-ring (bicyclic) bond motifs is 5. The van der Waals surface area contributed by atoms with E-state index in [0.717, 1.165) is 10.8 Å². The summed E-state index contributed by atoms with van der Waals surface area (Å²) in [6, 6.07) is 16.9. The zero-order chi connectivity index (χ0) is 10.7. The first kappa shape index (κ1) is 8.05. The van der Waals surface area contributed by atoms with Gasteiger partial charge >= 0.3 is 0 Å². The van der Waals surface area contributed by atoms with Crippen molar-refractivity contribution in [3.05, 3.63) is 53.9 Å². The average molecular weight is 203 g/mol. The third-order valence-electron chi connectivity index (χ3n) is 3.38. The van der Waals surface area contributed by atoms with Crippen molar-refractivity contribution >= 4 is 32.3 Å². The molecule has 74 valence electrons. The van der Waals surface area contributed by atoms with Crippen LogP contribution in [0.3, 0.4) is 0 Å². The molecular formula is C15H9N. The molecule has 0 fully saturated rings. The van der Waals surface area contributed by atoms with Crippen LogP contribution in [0.1, 0.15) is 0 Å². The van der Waals surface area contributed by atoms with Gasteiger partial charge in [0.15, 0.2) is 0 Å². The van der Waals surface area contributed by atoms with Crippen molar-refractivity contribution in [2.75, 3.05) is 0 Å². The second kappa shape index (κ2) is 2.50. The van der Waals surface area contributed by atoms with E-state index in [1.165, 1.54) is 21.5 Å². The highest BCUT2D eigenvalue weighted by Crippen LogP contribution is 2.31. The van der Waals surface area contributed by atoms with Gasteiger partial charge in [0.1, 0.15) is 0 Å². The minimum atomic E-state index is 0.713. The molecule has 1 heteroatoms. The Bertz CT molecular complexity index is 861. The van der Waals surface area contributed by atoms with Gasteiger partial charge in [0.2, 0.25) is 0 Å². The van der Waals surface area contributed by atoms with Crippen LogP contribution in [0.4, 0.5) is 0 Å². The molecule has 1 N–H and O–H groups in total. The summed E-state index contributed by atoms with van der Waals surface area (Å²) in [7, 11) is 0. The minimum absolute atomic E-state index is 0.713. The Hall–Kier alpha value is -2.15. The fraction of sp³-hybridized carbons (Fsp3) is 0. The van der Waals surface area contributed by atoms with Gasteiger partial charge in [-0.3, -0.25) is 5.41 Å². The fourth-order valence-corrected chi connectivity index (χ4v) is 2.51. The number of nitrogens with one attached hydrogen (secondary N) is 1. The molecule has 4 aromatic carbocycles. The molecule has 0 spiro atoms. The summed E-state index contributed by atoms with van der Waals surface area (Å²) < 4.78 is 0. The van der Waals surface area contributed by atoms with Gasteiger partial charge in [-0.05, 0) is 21.5 Å². The molecule has 0 aliphatic rings. The van der Waals surface area contributed by atoms with E-state index in [0.29, 0.717) is 5.36 Å². The van der Waals surface area contributed by atoms with Crippen LogP contribution in [0.25, 0.3) is 32.3 Å². The van der Waals surface area contributed by atoms with Crippen molar-refractivity contribution in [1.29, 1.82) is 5.41 Å². The standard InChI is InChI=1S/C15H9N/c16-15-13-8-7-11-10-4-2-1-3-9(10)5-6-12(11)14(13)15/h1-8,16H. The number of rotatable bonds is 0. The molecule has 4 aromatic rings. The molecule has 0 aliphatic heterocycles. The number of benzene rings is 3. The lowest BCUT2D eigenvalue weighted by molar-refractivity contribution is 1.39. The molecule has 0 saturated carbocycles. The van der Waals surface area contributed by atoms with E-state index in [1.807, 2.05) is 0 Å². The highest BCUT2D eigenvalue weighted by molar-refractivity contribution is 6.21. The van der Waals surface area contributed by atoms with Gasteiger partial charge < -0.3 is 0 Å². The second-order valence-electron chi connectivity index (χ2n) is 4.24. The van der Waals surface area contributed by atoms with Crippen LogP contribution in [-0.2, 0) is 0 Å². The smallest absolute Gasteiger partial charge is 0.0704 e. The van der Waals surface area contributed by atoms with Gasteiger partial charge in [0.05, 0.1) is 5.36 Å². The van der Waals surface area contributed by atoms with Gasteiger partial charge in [-0.1, -0.05) is 48.5 Å². The maximum Gasteiger partial charge on any atom is 0.0704 e. The van der Waals surface area contributed by atoms with Crippen molar-refractivity contribution in [3.8, 4) is 0 Å². The van der Waals surface area contributed by atoms with Crippen molar-refractivity contribution in [2.24, 2.45) is 0 Å². The summed E-state index contributed by atoms with van der Waals surface area (Å²) in [6.07, 6.45) is 0. The van der Waals surface area contributed by atoms with Crippen molar-refractivity contribution in [2.45, 2.75) is 0 Å². The van der Waals surface area contributed by atoms with E-state index >= 15 is 0 Å². The zero-order valence-electron chi connectivity index (χ0n) is 8.62. The summed E-state index contributed by atoms with van der Waals surface area (Å²) in [5.74, 6) is 0. The molecular weight excluding hydrogens is 194 g/mol. The van der Waals surface area contributed by atoms with E-state index in [-0.39, 0.29) is 0 Å². The molecule has 0 amide bonds. The van der Waals surface area contributed by atoms with Gasteiger partial charge in [0.25, 0.3) is 0 Å². The Morgan fingerprint density at radius 3 is 2.31 bits per heavy atom. The largest absolute Gasteiger partial charge is 0.300 e. The minimum Gasteiger partial charge on any atom is -0.300 e. The van der Waals surface area contributed by atoms with Gasteiger partial charge in [0, 0.05) is 10.8 Å². The van der Waals surface area contributed by atoms with E-state index in [1.54, 1.807) is 0 Å². The quantitative estimate of drug-likeness (QED) is 0.423. The highest BCUT2D eigenvalue weighted by Gasteiger charge is 2.12. The van der Waals surface area contributed by atoms with Crippen LogP contribution < -0.4 is 5.36 Å². The van der Waals surface area contributed by atoms with Crippen molar-refractivity contribution < 1.29 is 0 Å². The number of hydrogen-bond donors (Lipinski definition) is 1.